The molecule has 0 aliphatic carbocycles. The van der Waals surface area contributed by atoms with E-state index in [1.165, 1.54) is 0 Å². The van der Waals surface area contributed by atoms with Gasteiger partial charge in [0.05, 0.1) is 18.6 Å². The van der Waals surface area contributed by atoms with Crippen LogP contribution in [0.4, 0.5) is 0 Å². The first-order valence-electron chi connectivity index (χ1n) is 6.90. The Morgan fingerprint density at radius 2 is 2.05 bits per heavy atom. The minimum Gasteiger partial charge on any atom is -0.494 e. The van der Waals surface area contributed by atoms with E-state index in [-0.39, 0.29) is 0 Å². The second-order valence-electron chi connectivity index (χ2n) is 5.58. The Morgan fingerprint density at radius 3 is 2.70 bits per heavy atom. The summed E-state index contributed by atoms with van der Waals surface area (Å²) >= 11 is 0. The van der Waals surface area contributed by atoms with E-state index in [0.29, 0.717) is 19.6 Å². The van der Waals surface area contributed by atoms with E-state index < -0.39 is 11.4 Å². The summed E-state index contributed by atoms with van der Waals surface area (Å²) in [6.07, 6.45) is 2.36. The number of carboxylic acids is 1. The van der Waals surface area contributed by atoms with Crippen molar-refractivity contribution in [2.75, 3.05) is 13.7 Å². The monoisotopic (exact) mass is 280 g/mol. The number of carbonyl (C=O) groups is 1. The van der Waals surface area contributed by atoms with E-state index in [2.05, 4.69) is 0 Å². The lowest BCUT2D eigenvalue weighted by Crippen LogP contribution is -2.23. The van der Waals surface area contributed by atoms with Gasteiger partial charge in [-0.1, -0.05) is 12.1 Å². The van der Waals surface area contributed by atoms with Gasteiger partial charge >= 0.3 is 5.97 Å². The van der Waals surface area contributed by atoms with Crippen molar-refractivity contribution in [1.29, 1.82) is 0 Å². The zero-order valence-electron chi connectivity index (χ0n) is 12.5. The van der Waals surface area contributed by atoms with E-state index in [1.807, 2.05) is 24.3 Å². The highest BCUT2D eigenvalue weighted by molar-refractivity contribution is 5.73. The van der Waals surface area contributed by atoms with Crippen LogP contribution in [0.1, 0.15) is 38.7 Å². The van der Waals surface area contributed by atoms with Crippen LogP contribution < -0.4 is 4.74 Å². The standard InChI is InChI=1S/C16H24O4/c1-16(2,15(17)18)9-4-5-10-20-14-8-6-7-13(11-14)12-19-3/h6-8,11H,4-5,9-10,12H2,1-3H3,(H,17,18). The summed E-state index contributed by atoms with van der Waals surface area (Å²) in [4.78, 5) is 11.0. The molecule has 0 atom stereocenters. The SMILES string of the molecule is COCc1cccc(OCCCCC(C)(C)C(=O)O)c1. The van der Waals surface area contributed by atoms with Gasteiger partial charge in [0, 0.05) is 7.11 Å². The molecule has 0 bridgehead atoms. The van der Waals surface area contributed by atoms with E-state index in [9.17, 15) is 4.79 Å². The number of rotatable bonds is 9. The summed E-state index contributed by atoms with van der Waals surface area (Å²) in [6, 6.07) is 7.81. The Kier molecular flexibility index (Phi) is 6.52. The molecule has 1 N–H and O–H groups in total. The third-order valence-electron chi connectivity index (χ3n) is 3.25. The quantitative estimate of drug-likeness (QED) is 0.703. The second kappa shape index (κ2) is 7.90. The highest BCUT2D eigenvalue weighted by atomic mass is 16.5. The predicted molar refractivity (Wildman–Crippen MR) is 77.9 cm³/mol. The van der Waals surface area contributed by atoms with E-state index in [4.69, 9.17) is 14.6 Å². The van der Waals surface area contributed by atoms with Crippen LogP contribution in [0.3, 0.4) is 0 Å². The molecule has 20 heavy (non-hydrogen) atoms. The molecule has 0 aliphatic rings. The maximum atomic E-state index is 11.0. The number of carboxylic acid groups (broad SMARTS) is 1. The molecule has 1 aromatic rings. The van der Waals surface area contributed by atoms with E-state index in [0.717, 1.165) is 24.2 Å². The van der Waals surface area contributed by atoms with Crippen molar-refractivity contribution < 1.29 is 19.4 Å². The van der Waals surface area contributed by atoms with Gasteiger partial charge in [-0.05, 0) is 50.8 Å². The molecule has 0 saturated heterocycles. The minimum absolute atomic E-state index is 0.573. The largest absolute Gasteiger partial charge is 0.494 e. The Labute approximate surface area is 120 Å². The van der Waals surface area contributed by atoms with Gasteiger partial charge in [-0.2, -0.15) is 0 Å². The van der Waals surface area contributed by atoms with Crippen LogP contribution in [0.25, 0.3) is 0 Å². The molecule has 0 aliphatic heterocycles. The topological polar surface area (TPSA) is 55.8 Å². The molecule has 0 saturated carbocycles. The molecule has 0 spiro atoms. The Morgan fingerprint density at radius 1 is 1.30 bits per heavy atom. The average molecular weight is 280 g/mol. The fraction of sp³-hybridized carbons (Fsp3) is 0.562. The number of hydrogen-bond donors (Lipinski definition) is 1. The van der Waals surface area contributed by atoms with Crippen LogP contribution in [0.5, 0.6) is 5.75 Å². The van der Waals surface area contributed by atoms with Gasteiger partial charge in [0.2, 0.25) is 0 Å². The first-order valence-corrected chi connectivity index (χ1v) is 6.90. The summed E-state index contributed by atoms with van der Waals surface area (Å²) in [6.45, 7) is 4.69. The van der Waals surface area contributed by atoms with Gasteiger partial charge in [0.25, 0.3) is 0 Å². The molecule has 0 radical (unpaired) electrons. The maximum Gasteiger partial charge on any atom is 0.309 e. The number of ether oxygens (including phenoxy) is 2. The van der Waals surface area contributed by atoms with E-state index in [1.54, 1.807) is 21.0 Å². The van der Waals surface area contributed by atoms with Crippen LogP contribution in [-0.4, -0.2) is 24.8 Å². The second-order valence-corrected chi connectivity index (χ2v) is 5.58. The summed E-state index contributed by atoms with van der Waals surface area (Å²) in [5.41, 5.74) is 0.426. The molecule has 1 rings (SSSR count). The number of benzene rings is 1. The molecule has 112 valence electrons. The predicted octanol–water partition coefficient (Wildman–Crippen LogP) is 3.49. The lowest BCUT2D eigenvalue weighted by molar-refractivity contribution is -0.147. The van der Waals surface area contributed by atoms with Crippen LogP contribution in [0.15, 0.2) is 24.3 Å². The zero-order chi connectivity index (χ0) is 15.0. The molecule has 4 heteroatoms. The molecule has 0 amide bonds. The van der Waals surface area contributed by atoms with Crippen molar-refractivity contribution in [1.82, 2.24) is 0 Å². The first kappa shape index (κ1) is 16.5. The van der Waals surface area contributed by atoms with Crippen LogP contribution in [-0.2, 0) is 16.1 Å². The van der Waals surface area contributed by atoms with Gasteiger partial charge in [0.1, 0.15) is 5.75 Å². The van der Waals surface area contributed by atoms with Crippen LogP contribution >= 0.6 is 0 Å². The van der Waals surface area contributed by atoms with Crippen molar-refractivity contribution in [3.8, 4) is 5.75 Å². The average Bonchev–Trinajstić information content (AvgIpc) is 2.39. The summed E-state index contributed by atoms with van der Waals surface area (Å²) in [5.74, 6) is 0.0859. The third kappa shape index (κ3) is 5.61. The fourth-order valence-corrected chi connectivity index (χ4v) is 1.86. The van der Waals surface area contributed by atoms with Crippen molar-refractivity contribution in [2.45, 2.75) is 39.7 Å². The Hall–Kier alpha value is -1.55. The van der Waals surface area contributed by atoms with Crippen molar-refractivity contribution in [2.24, 2.45) is 5.41 Å². The van der Waals surface area contributed by atoms with Crippen molar-refractivity contribution >= 4 is 5.97 Å². The molecule has 1 aromatic carbocycles. The minimum atomic E-state index is -0.745. The van der Waals surface area contributed by atoms with Crippen molar-refractivity contribution in [3.63, 3.8) is 0 Å². The number of hydrogen-bond acceptors (Lipinski definition) is 3. The van der Waals surface area contributed by atoms with Gasteiger partial charge in [-0.3, -0.25) is 4.79 Å². The normalized spacial score (nSPS) is 11.3. The third-order valence-corrected chi connectivity index (χ3v) is 3.25. The molecule has 0 aromatic heterocycles. The van der Waals surface area contributed by atoms with Gasteiger partial charge in [-0.15, -0.1) is 0 Å². The van der Waals surface area contributed by atoms with Crippen molar-refractivity contribution in [3.05, 3.63) is 29.8 Å². The molecule has 4 nitrogen and oxygen atoms in total. The molecule has 0 heterocycles. The molecule has 0 unspecified atom stereocenters. The van der Waals surface area contributed by atoms with Gasteiger partial charge in [0.15, 0.2) is 0 Å². The van der Waals surface area contributed by atoms with Gasteiger partial charge in [-0.25, -0.2) is 0 Å². The molecular formula is C16H24O4. The van der Waals surface area contributed by atoms with Crippen LogP contribution in [0.2, 0.25) is 0 Å². The Balaban J connectivity index is 2.28. The highest BCUT2D eigenvalue weighted by Crippen LogP contribution is 2.23. The molecule has 0 fully saturated rings. The number of methoxy groups -OCH3 is 1. The van der Waals surface area contributed by atoms with Gasteiger partial charge < -0.3 is 14.6 Å². The lowest BCUT2D eigenvalue weighted by atomic mass is 9.87. The maximum absolute atomic E-state index is 11.0. The smallest absolute Gasteiger partial charge is 0.309 e. The lowest BCUT2D eigenvalue weighted by Gasteiger charge is -2.18. The number of unbranched alkanes of at least 4 members (excludes halogenated alkanes) is 1. The van der Waals surface area contributed by atoms with E-state index >= 15 is 0 Å². The highest BCUT2D eigenvalue weighted by Gasteiger charge is 2.25. The summed E-state index contributed by atoms with van der Waals surface area (Å²) < 4.78 is 10.7. The van der Waals surface area contributed by atoms with Crippen LogP contribution in [0, 0.1) is 5.41 Å². The summed E-state index contributed by atoms with van der Waals surface area (Å²) in [5, 5.41) is 9.01. The molecular weight excluding hydrogens is 256 g/mol. The summed E-state index contributed by atoms with van der Waals surface area (Å²) in [7, 11) is 1.66. The zero-order valence-corrected chi connectivity index (χ0v) is 12.5. The first-order chi connectivity index (χ1) is 9.45. The fourth-order valence-electron chi connectivity index (χ4n) is 1.86. The number of aliphatic carboxylic acids is 1. The Bertz CT molecular complexity index is 426.